The van der Waals surface area contributed by atoms with Gasteiger partial charge in [-0.25, -0.2) is 4.98 Å². The Kier molecular flexibility index (Phi) is 3.67. The zero-order valence-electron chi connectivity index (χ0n) is 10.6. The number of halogens is 1. The van der Waals surface area contributed by atoms with Crippen LogP contribution in [0.5, 0.6) is 0 Å². The number of nitrogens with zero attached hydrogens (tertiary/aromatic N) is 2. The maximum atomic E-state index is 6.06. The molecule has 2 rings (SSSR count). The highest BCUT2D eigenvalue weighted by Gasteiger charge is 2.05. The van der Waals surface area contributed by atoms with E-state index in [0.29, 0.717) is 16.8 Å². The number of nitrogens with one attached hydrogen (secondary N) is 2. The standard InChI is InChI=1S/C13H15ClN4/c1-8-4-5-10(6-9(8)2)17-12-11(14)7-16-13(15-3)18-12/h4-7H,1-3H3,(H2,15,16,17,18). The van der Waals surface area contributed by atoms with Gasteiger partial charge >= 0.3 is 0 Å². The van der Waals surface area contributed by atoms with Crippen molar-refractivity contribution in [1.29, 1.82) is 0 Å². The van der Waals surface area contributed by atoms with Gasteiger partial charge in [-0.2, -0.15) is 4.98 Å². The zero-order chi connectivity index (χ0) is 13.1. The predicted octanol–water partition coefficient (Wildman–Crippen LogP) is 3.53. The topological polar surface area (TPSA) is 49.8 Å². The van der Waals surface area contributed by atoms with Crippen LogP contribution in [0.15, 0.2) is 24.4 Å². The fourth-order valence-electron chi connectivity index (χ4n) is 1.53. The van der Waals surface area contributed by atoms with E-state index < -0.39 is 0 Å². The second-order valence-electron chi connectivity index (χ2n) is 4.06. The van der Waals surface area contributed by atoms with E-state index in [1.165, 1.54) is 11.1 Å². The lowest BCUT2D eigenvalue weighted by Crippen LogP contribution is -2.01. The molecule has 0 aliphatic heterocycles. The molecule has 0 atom stereocenters. The zero-order valence-corrected chi connectivity index (χ0v) is 11.3. The lowest BCUT2D eigenvalue weighted by atomic mass is 10.1. The quantitative estimate of drug-likeness (QED) is 0.888. The van der Waals surface area contributed by atoms with Crippen LogP contribution in [-0.4, -0.2) is 17.0 Å². The van der Waals surface area contributed by atoms with Gasteiger partial charge in [-0.3, -0.25) is 0 Å². The van der Waals surface area contributed by atoms with Crippen LogP contribution < -0.4 is 10.6 Å². The van der Waals surface area contributed by atoms with Crippen molar-refractivity contribution in [1.82, 2.24) is 9.97 Å². The minimum absolute atomic E-state index is 0.493. The smallest absolute Gasteiger partial charge is 0.224 e. The Morgan fingerprint density at radius 2 is 1.94 bits per heavy atom. The van der Waals surface area contributed by atoms with Gasteiger partial charge in [-0.05, 0) is 37.1 Å². The lowest BCUT2D eigenvalue weighted by molar-refractivity contribution is 1.15. The first-order valence-electron chi connectivity index (χ1n) is 5.64. The van der Waals surface area contributed by atoms with E-state index in [2.05, 4.69) is 46.6 Å². The normalized spacial score (nSPS) is 10.2. The molecule has 0 spiro atoms. The molecule has 0 saturated carbocycles. The summed E-state index contributed by atoms with van der Waals surface area (Å²) in [6, 6.07) is 6.12. The molecule has 0 bridgehead atoms. The molecule has 0 radical (unpaired) electrons. The Bertz CT molecular complexity index is 569. The summed E-state index contributed by atoms with van der Waals surface area (Å²) >= 11 is 6.06. The highest BCUT2D eigenvalue weighted by molar-refractivity contribution is 6.32. The highest BCUT2D eigenvalue weighted by Crippen LogP contribution is 2.24. The van der Waals surface area contributed by atoms with Crippen molar-refractivity contribution in [3.63, 3.8) is 0 Å². The van der Waals surface area contributed by atoms with E-state index in [1.54, 1.807) is 13.2 Å². The number of aromatic nitrogens is 2. The van der Waals surface area contributed by atoms with Crippen LogP contribution in [0, 0.1) is 13.8 Å². The summed E-state index contributed by atoms with van der Waals surface area (Å²) in [7, 11) is 1.77. The molecule has 4 nitrogen and oxygen atoms in total. The largest absolute Gasteiger partial charge is 0.357 e. The molecule has 1 aromatic heterocycles. The molecule has 18 heavy (non-hydrogen) atoms. The molecule has 0 amide bonds. The Hall–Kier alpha value is -1.81. The van der Waals surface area contributed by atoms with Gasteiger partial charge in [0, 0.05) is 12.7 Å². The minimum atomic E-state index is 0.493. The molecule has 94 valence electrons. The fraction of sp³-hybridized carbons (Fsp3) is 0.231. The van der Waals surface area contributed by atoms with Crippen molar-refractivity contribution in [3.8, 4) is 0 Å². The van der Waals surface area contributed by atoms with Crippen LogP contribution in [-0.2, 0) is 0 Å². The number of rotatable bonds is 3. The number of hydrogen-bond donors (Lipinski definition) is 2. The minimum Gasteiger partial charge on any atom is -0.357 e. The van der Waals surface area contributed by atoms with Gasteiger partial charge in [0.25, 0.3) is 0 Å². The SMILES string of the molecule is CNc1ncc(Cl)c(Nc2ccc(C)c(C)c2)n1. The van der Waals surface area contributed by atoms with E-state index in [4.69, 9.17) is 11.6 Å². The van der Waals surface area contributed by atoms with E-state index in [-0.39, 0.29) is 0 Å². The van der Waals surface area contributed by atoms with Crippen LogP contribution in [0.2, 0.25) is 5.02 Å². The number of aryl methyl sites for hydroxylation is 2. The molecular weight excluding hydrogens is 248 g/mol. The van der Waals surface area contributed by atoms with Crippen molar-refractivity contribution in [2.24, 2.45) is 0 Å². The third-order valence-electron chi connectivity index (χ3n) is 2.74. The van der Waals surface area contributed by atoms with Crippen molar-refractivity contribution in [2.45, 2.75) is 13.8 Å². The Morgan fingerprint density at radius 1 is 1.17 bits per heavy atom. The third-order valence-corrected chi connectivity index (χ3v) is 3.01. The summed E-state index contributed by atoms with van der Waals surface area (Å²) in [6.07, 6.45) is 1.57. The lowest BCUT2D eigenvalue weighted by Gasteiger charge is -2.10. The summed E-state index contributed by atoms with van der Waals surface area (Å²) < 4.78 is 0. The molecule has 0 saturated heterocycles. The van der Waals surface area contributed by atoms with Gasteiger partial charge in [0.1, 0.15) is 5.02 Å². The molecule has 0 aliphatic carbocycles. The highest BCUT2D eigenvalue weighted by atomic mass is 35.5. The summed E-state index contributed by atoms with van der Waals surface area (Å²) in [6.45, 7) is 4.15. The van der Waals surface area contributed by atoms with Gasteiger partial charge in [0.05, 0.1) is 6.20 Å². The predicted molar refractivity (Wildman–Crippen MR) is 75.8 cm³/mol. The molecule has 0 aliphatic rings. The summed E-state index contributed by atoms with van der Waals surface area (Å²) in [5.74, 6) is 1.13. The molecule has 1 heterocycles. The van der Waals surface area contributed by atoms with Crippen LogP contribution in [0.3, 0.4) is 0 Å². The first kappa shape index (κ1) is 12.6. The maximum absolute atomic E-state index is 6.06. The van der Waals surface area contributed by atoms with E-state index in [1.807, 2.05) is 6.07 Å². The van der Waals surface area contributed by atoms with Gasteiger partial charge in [-0.1, -0.05) is 17.7 Å². The second-order valence-corrected chi connectivity index (χ2v) is 4.47. The van der Waals surface area contributed by atoms with E-state index >= 15 is 0 Å². The first-order chi connectivity index (χ1) is 8.60. The maximum Gasteiger partial charge on any atom is 0.224 e. The van der Waals surface area contributed by atoms with Crippen molar-refractivity contribution in [3.05, 3.63) is 40.5 Å². The summed E-state index contributed by atoms with van der Waals surface area (Å²) in [5, 5.41) is 6.56. The van der Waals surface area contributed by atoms with Crippen LogP contribution in [0.25, 0.3) is 0 Å². The fourth-order valence-corrected chi connectivity index (χ4v) is 1.67. The van der Waals surface area contributed by atoms with Gasteiger partial charge in [-0.15, -0.1) is 0 Å². The summed E-state index contributed by atoms with van der Waals surface area (Å²) in [4.78, 5) is 8.31. The molecule has 2 N–H and O–H groups in total. The molecule has 2 aromatic rings. The Labute approximate surface area is 111 Å². The van der Waals surface area contributed by atoms with Gasteiger partial charge in [0.2, 0.25) is 5.95 Å². The average Bonchev–Trinajstić information content (AvgIpc) is 2.36. The van der Waals surface area contributed by atoms with Crippen molar-refractivity contribution < 1.29 is 0 Å². The van der Waals surface area contributed by atoms with Crippen LogP contribution >= 0.6 is 11.6 Å². The molecule has 0 fully saturated rings. The van der Waals surface area contributed by atoms with E-state index in [0.717, 1.165) is 5.69 Å². The van der Waals surface area contributed by atoms with Crippen molar-refractivity contribution >= 4 is 29.1 Å². The Morgan fingerprint density at radius 3 is 2.61 bits per heavy atom. The third kappa shape index (κ3) is 2.71. The number of benzene rings is 1. The van der Waals surface area contributed by atoms with Gasteiger partial charge in [0.15, 0.2) is 5.82 Å². The molecule has 0 unspecified atom stereocenters. The molecule has 5 heteroatoms. The summed E-state index contributed by atoms with van der Waals surface area (Å²) in [5.41, 5.74) is 3.44. The molecular formula is C13H15ClN4. The van der Waals surface area contributed by atoms with E-state index in [9.17, 15) is 0 Å². The van der Waals surface area contributed by atoms with Gasteiger partial charge < -0.3 is 10.6 Å². The van der Waals surface area contributed by atoms with Crippen molar-refractivity contribution in [2.75, 3.05) is 17.7 Å². The molecule has 1 aromatic carbocycles. The Balaban J connectivity index is 2.30. The van der Waals surface area contributed by atoms with Crippen LogP contribution in [0.4, 0.5) is 17.5 Å². The average molecular weight is 263 g/mol. The first-order valence-corrected chi connectivity index (χ1v) is 6.02. The number of anilines is 3. The monoisotopic (exact) mass is 262 g/mol. The second kappa shape index (κ2) is 5.23. The van der Waals surface area contributed by atoms with Crippen LogP contribution in [0.1, 0.15) is 11.1 Å². The number of hydrogen-bond acceptors (Lipinski definition) is 4.